The Balaban J connectivity index is 1.79. The second-order valence-electron chi connectivity index (χ2n) is 5.83. The fourth-order valence-electron chi connectivity index (χ4n) is 3.33. The smallest absolute Gasteiger partial charge is 0.0771 e. The Morgan fingerprint density at radius 2 is 1.82 bits per heavy atom. The number of aliphatic hydroxyl groups is 1. The molecule has 0 saturated heterocycles. The molecule has 0 bridgehead atoms. The summed E-state index contributed by atoms with van der Waals surface area (Å²) in [6, 6.07) is 0.451. The molecule has 0 radical (unpaired) electrons. The van der Waals surface area contributed by atoms with E-state index in [1.165, 1.54) is 38.5 Å². The van der Waals surface area contributed by atoms with Crippen LogP contribution in [0.15, 0.2) is 0 Å². The van der Waals surface area contributed by atoms with Crippen molar-refractivity contribution in [2.75, 3.05) is 13.7 Å². The molecule has 0 aromatic rings. The van der Waals surface area contributed by atoms with Gasteiger partial charge in [-0.3, -0.25) is 0 Å². The number of nitrogens with one attached hydrogen (secondary N) is 1. The van der Waals surface area contributed by atoms with Gasteiger partial charge < -0.3 is 15.2 Å². The van der Waals surface area contributed by atoms with E-state index in [-0.39, 0.29) is 0 Å². The van der Waals surface area contributed by atoms with E-state index in [0.29, 0.717) is 12.1 Å². The minimum Gasteiger partial charge on any atom is -0.389 e. The lowest BCUT2D eigenvalue weighted by Crippen LogP contribution is -2.47. The fraction of sp³-hybridized carbons (Fsp3) is 1.00. The number of rotatable bonds is 4. The van der Waals surface area contributed by atoms with Gasteiger partial charge in [0.1, 0.15) is 0 Å². The predicted octanol–water partition coefficient (Wildman–Crippen LogP) is 2.23. The molecule has 17 heavy (non-hydrogen) atoms. The van der Waals surface area contributed by atoms with Crippen LogP contribution in [0.4, 0.5) is 0 Å². The summed E-state index contributed by atoms with van der Waals surface area (Å²) in [6.07, 6.45) is 10.8. The van der Waals surface area contributed by atoms with Crippen molar-refractivity contribution < 1.29 is 9.84 Å². The van der Waals surface area contributed by atoms with E-state index in [1.54, 1.807) is 7.11 Å². The molecule has 2 atom stereocenters. The van der Waals surface area contributed by atoms with Gasteiger partial charge in [0.05, 0.1) is 11.7 Å². The van der Waals surface area contributed by atoms with Gasteiger partial charge in [0.25, 0.3) is 0 Å². The van der Waals surface area contributed by atoms with Gasteiger partial charge in [0.15, 0.2) is 0 Å². The molecule has 2 N–H and O–H groups in total. The summed E-state index contributed by atoms with van der Waals surface area (Å²) in [4.78, 5) is 0. The van der Waals surface area contributed by atoms with Crippen LogP contribution in [-0.4, -0.2) is 36.5 Å². The molecule has 0 aliphatic heterocycles. The standard InChI is InChI=1S/C14H27NO2/c1-17-13-8-6-7-12(13)15-11-14(16)9-4-2-3-5-10-14/h12-13,15-16H,2-11H2,1H3. The van der Waals surface area contributed by atoms with Crippen molar-refractivity contribution in [3.8, 4) is 0 Å². The molecular formula is C14H27NO2. The van der Waals surface area contributed by atoms with Gasteiger partial charge in [0, 0.05) is 19.7 Å². The average molecular weight is 241 g/mol. The van der Waals surface area contributed by atoms with Crippen LogP contribution in [0.25, 0.3) is 0 Å². The molecule has 0 aromatic heterocycles. The summed E-state index contributed by atoms with van der Waals surface area (Å²) in [6.45, 7) is 0.748. The van der Waals surface area contributed by atoms with Crippen LogP contribution in [-0.2, 0) is 4.74 Å². The summed E-state index contributed by atoms with van der Waals surface area (Å²) in [5.74, 6) is 0. The SMILES string of the molecule is COC1CCCC1NCC1(O)CCCCCC1. The maximum Gasteiger partial charge on any atom is 0.0771 e. The highest BCUT2D eigenvalue weighted by atomic mass is 16.5. The normalized spacial score (nSPS) is 33.5. The lowest BCUT2D eigenvalue weighted by Gasteiger charge is -2.30. The van der Waals surface area contributed by atoms with Gasteiger partial charge in [-0.1, -0.05) is 25.7 Å². The fourth-order valence-corrected chi connectivity index (χ4v) is 3.33. The van der Waals surface area contributed by atoms with Crippen LogP contribution >= 0.6 is 0 Å². The second-order valence-corrected chi connectivity index (χ2v) is 5.83. The lowest BCUT2D eigenvalue weighted by molar-refractivity contribution is 0.0142. The predicted molar refractivity (Wildman–Crippen MR) is 69.1 cm³/mol. The summed E-state index contributed by atoms with van der Waals surface area (Å²) in [5, 5.41) is 14.1. The van der Waals surface area contributed by atoms with Gasteiger partial charge in [-0.25, -0.2) is 0 Å². The van der Waals surface area contributed by atoms with Crippen molar-refractivity contribution in [2.24, 2.45) is 0 Å². The Labute approximate surface area is 105 Å². The molecule has 2 aliphatic carbocycles. The van der Waals surface area contributed by atoms with E-state index in [0.717, 1.165) is 25.8 Å². The van der Waals surface area contributed by atoms with Crippen molar-refractivity contribution in [2.45, 2.75) is 75.5 Å². The molecular weight excluding hydrogens is 214 g/mol. The highest BCUT2D eigenvalue weighted by Gasteiger charge is 2.32. The molecule has 3 heteroatoms. The van der Waals surface area contributed by atoms with E-state index in [9.17, 15) is 5.11 Å². The molecule has 2 rings (SSSR count). The van der Waals surface area contributed by atoms with Crippen LogP contribution in [0.5, 0.6) is 0 Å². The summed E-state index contributed by atoms with van der Waals surface area (Å²) >= 11 is 0. The van der Waals surface area contributed by atoms with Gasteiger partial charge >= 0.3 is 0 Å². The summed E-state index contributed by atoms with van der Waals surface area (Å²) < 4.78 is 5.48. The molecule has 0 heterocycles. The Morgan fingerprint density at radius 3 is 2.47 bits per heavy atom. The molecule has 2 aliphatic rings. The lowest BCUT2D eigenvalue weighted by atomic mass is 9.94. The Bertz CT molecular complexity index is 224. The van der Waals surface area contributed by atoms with Crippen LogP contribution < -0.4 is 5.32 Å². The highest BCUT2D eigenvalue weighted by molar-refractivity contribution is 4.89. The van der Waals surface area contributed by atoms with Crippen LogP contribution in [0.3, 0.4) is 0 Å². The minimum atomic E-state index is -0.461. The zero-order chi connectivity index (χ0) is 12.1. The third-order valence-corrected chi connectivity index (χ3v) is 4.48. The van der Waals surface area contributed by atoms with E-state index in [2.05, 4.69) is 5.32 Å². The second kappa shape index (κ2) is 6.17. The Kier molecular flexibility index (Phi) is 4.83. The first-order chi connectivity index (χ1) is 8.23. The summed E-state index contributed by atoms with van der Waals surface area (Å²) in [5.41, 5.74) is -0.461. The van der Waals surface area contributed by atoms with Crippen molar-refractivity contribution in [3.05, 3.63) is 0 Å². The summed E-state index contributed by atoms with van der Waals surface area (Å²) in [7, 11) is 1.80. The zero-order valence-corrected chi connectivity index (χ0v) is 11.1. The van der Waals surface area contributed by atoms with Crippen LogP contribution in [0.1, 0.15) is 57.8 Å². The van der Waals surface area contributed by atoms with E-state index in [1.807, 2.05) is 0 Å². The molecule has 0 amide bonds. The van der Waals surface area contributed by atoms with Gasteiger partial charge in [-0.2, -0.15) is 0 Å². The van der Waals surface area contributed by atoms with Gasteiger partial charge in [-0.05, 0) is 32.1 Å². The largest absolute Gasteiger partial charge is 0.389 e. The highest BCUT2D eigenvalue weighted by Crippen LogP contribution is 2.28. The average Bonchev–Trinajstić information content (AvgIpc) is 2.68. The number of methoxy groups -OCH3 is 1. The number of hydrogen-bond acceptors (Lipinski definition) is 3. The topological polar surface area (TPSA) is 41.5 Å². The van der Waals surface area contributed by atoms with Crippen molar-refractivity contribution in [1.82, 2.24) is 5.32 Å². The first-order valence-corrected chi connectivity index (χ1v) is 7.22. The number of hydrogen-bond donors (Lipinski definition) is 2. The number of ether oxygens (including phenoxy) is 1. The van der Waals surface area contributed by atoms with Crippen molar-refractivity contribution >= 4 is 0 Å². The van der Waals surface area contributed by atoms with Crippen molar-refractivity contribution in [1.29, 1.82) is 0 Å². The Hall–Kier alpha value is -0.120. The maximum absolute atomic E-state index is 10.6. The van der Waals surface area contributed by atoms with E-state index < -0.39 is 5.60 Å². The first kappa shape index (κ1) is 13.3. The third-order valence-electron chi connectivity index (χ3n) is 4.48. The molecule has 2 unspecified atom stereocenters. The molecule has 0 aromatic carbocycles. The van der Waals surface area contributed by atoms with Gasteiger partial charge in [0.2, 0.25) is 0 Å². The quantitative estimate of drug-likeness (QED) is 0.742. The maximum atomic E-state index is 10.6. The minimum absolute atomic E-state index is 0.351. The molecule has 2 saturated carbocycles. The first-order valence-electron chi connectivity index (χ1n) is 7.22. The van der Waals surface area contributed by atoms with E-state index in [4.69, 9.17) is 4.74 Å². The van der Waals surface area contributed by atoms with Crippen molar-refractivity contribution in [3.63, 3.8) is 0 Å². The van der Waals surface area contributed by atoms with Crippen LogP contribution in [0.2, 0.25) is 0 Å². The molecule has 100 valence electrons. The van der Waals surface area contributed by atoms with E-state index >= 15 is 0 Å². The molecule has 2 fully saturated rings. The third kappa shape index (κ3) is 3.67. The van der Waals surface area contributed by atoms with Gasteiger partial charge in [-0.15, -0.1) is 0 Å². The monoisotopic (exact) mass is 241 g/mol. The van der Waals surface area contributed by atoms with Crippen LogP contribution in [0, 0.1) is 0 Å². The Morgan fingerprint density at radius 1 is 1.12 bits per heavy atom. The zero-order valence-electron chi connectivity index (χ0n) is 11.1. The molecule has 0 spiro atoms. The molecule has 3 nitrogen and oxygen atoms in total.